The molecule has 0 atom stereocenters. The van der Waals surface area contributed by atoms with Gasteiger partial charge >= 0.3 is 0 Å². The van der Waals surface area contributed by atoms with Gasteiger partial charge in [-0.15, -0.1) is 0 Å². The van der Waals surface area contributed by atoms with Crippen molar-refractivity contribution < 1.29 is 0 Å². The molecule has 0 bridgehead atoms. The average Bonchev–Trinajstić information content (AvgIpc) is 2.38. The molecule has 0 aliphatic heterocycles. The number of hydrogen-bond acceptors (Lipinski definition) is 2. The van der Waals surface area contributed by atoms with Crippen LogP contribution in [0.15, 0.2) is 42.5 Å². The number of nitriles is 2. The van der Waals surface area contributed by atoms with Crippen molar-refractivity contribution in [3.63, 3.8) is 0 Å². The van der Waals surface area contributed by atoms with E-state index in [9.17, 15) is 0 Å². The first kappa shape index (κ1) is 11.0. The fraction of sp³-hybridized carbons (Fsp3) is 0. The maximum atomic E-state index is 8.90. The fourth-order valence-corrected chi connectivity index (χ4v) is 1.64. The Morgan fingerprint density at radius 1 is 0.824 bits per heavy atom. The van der Waals surface area contributed by atoms with Crippen molar-refractivity contribution in [2.75, 3.05) is 0 Å². The molecule has 0 saturated carbocycles. The molecule has 0 amide bonds. The monoisotopic (exact) mass is 214 g/mol. The first-order chi connectivity index (χ1) is 8.22. The molecule has 0 heterocycles. The summed E-state index contributed by atoms with van der Waals surface area (Å²) in [5.74, 6) is 0. The predicted molar refractivity (Wildman–Crippen MR) is 66.7 cm³/mol. The zero-order valence-electron chi connectivity index (χ0n) is 9.01. The average molecular weight is 214 g/mol. The number of hydrogen-bond donors (Lipinski definition) is 0. The lowest BCUT2D eigenvalue weighted by atomic mass is 9.91. The van der Waals surface area contributed by atoms with Crippen LogP contribution in [-0.4, -0.2) is 7.85 Å². The summed E-state index contributed by atoms with van der Waals surface area (Å²) in [6.45, 7) is 0. The lowest BCUT2D eigenvalue weighted by molar-refractivity contribution is 1.44. The minimum Gasteiger partial charge on any atom is -0.192 e. The van der Waals surface area contributed by atoms with E-state index in [2.05, 4.69) is 0 Å². The van der Waals surface area contributed by atoms with Crippen LogP contribution in [0.3, 0.4) is 0 Å². The van der Waals surface area contributed by atoms with Crippen LogP contribution in [0.25, 0.3) is 11.1 Å². The Hall–Kier alpha value is -2.52. The summed E-state index contributed by atoms with van der Waals surface area (Å²) < 4.78 is 0. The van der Waals surface area contributed by atoms with Crippen molar-refractivity contribution in [3.8, 4) is 23.3 Å². The van der Waals surface area contributed by atoms with Gasteiger partial charge in [-0.1, -0.05) is 29.7 Å². The van der Waals surface area contributed by atoms with Crippen LogP contribution in [0.2, 0.25) is 0 Å². The van der Waals surface area contributed by atoms with Gasteiger partial charge in [-0.25, -0.2) is 0 Å². The highest BCUT2D eigenvalue weighted by Crippen LogP contribution is 2.21. The molecule has 3 heteroatoms. The minimum absolute atomic E-state index is 0.474. The Kier molecular flexibility index (Phi) is 2.94. The van der Waals surface area contributed by atoms with E-state index in [1.807, 2.05) is 30.3 Å². The Morgan fingerprint density at radius 2 is 1.47 bits per heavy atom. The third-order valence-electron chi connectivity index (χ3n) is 2.41. The van der Waals surface area contributed by atoms with Crippen LogP contribution in [0.1, 0.15) is 11.1 Å². The zero-order chi connectivity index (χ0) is 12.3. The highest BCUT2D eigenvalue weighted by Gasteiger charge is 2.03. The van der Waals surface area contributed by atoms with E-state index >= 15 is 0 Å². The van der Waals surface area contributed by atoms with E-state index in [4.69, 9.17) is 18.4 Å². The SMILES string of the molecule is [B]c1cccc(-c2cc(C#N)cc(C#N)c2)c1. The molecule has 2 aromatic carbocycles. The molecule has 0 N–H and O–H groups in total. The molecular weight excluding hydrogens is 207 g/mol. The van der Waals surface area contributed by atoms with Crippen LogP contribution >= 0.6 is 0 Å². The second-order valence-electron chi connectivity index (χ2n) is 3.65. The third-order valence-corrected chi connectivity index (χ3v) is 2.41. The number of rotatable bonds is 1. The van der Waals surface area contributed by atoms with E-state index in [1.165, 1.54) is 0 Å². The van der Waals surface area contributed by atoms with Crippen LogP contribution in [0.4, 0.5) is 0 Å². The summed E-state index contributed by atoms with van der Waals surface area (Å²) in [4.78, 5) is 0. The normalized spacial score (nSPS) is 9.29. The maximum absolute atomic E-state index is 8.90. The van der Waals surface area contributed by atoms with Crippen molar-refractivity contribution in [3.05, 3.63) is 53.6 Å². The van der Waals surface area contributed by atoms with Gasteiger partial charge in [-0.3, -0.25) is 0 Å². The molecule has 0 unspecified atom stereocenters. The molecule has 0 aliphatic rings. The smallest absolute Gasteiger partial charge is 0.113 e. The second-order valence-corrected chi connectivity index (χ2v) is 3.65. The molecule has 0 aliphatic carbocycles. The number of nitrogens with zero attached hydrogens (tertiary/aromatic N) is 2. The molecule has 2 nitrogen and oxygen atoms in total. The largest absolute Gasteiger partial charge is 0.192 e. The maximum Gasteiger partial charge on any atom is 0.113 e. The molecular formula is C14H7BN2. The quantitative estimate of drug-likeness (QED) is 0.680. The zero-order valence-corrected chi connectivity index (χ0v) is 9.01. The van der Waals surface area contributed by atoms with Crippen molar-refractivity contribution in [1.29, 1.82) is 10.5 Å². The van der Waals surface area contributed by atoms with Crippen molar-refractivity contribution >= 4 is 13.3 Å². The van der Waals surface area contributed by atoms with Gasteiger partial charge < -0.3 is 0 Å². The summed E-state index contributed by atoms with van der Waals surface area (Å²) in [6.07, 6.45) is 0. The first-order valence-corrected chi connectivity index (χ1v) is 5.04. The summed E-state index contributed by atoms with van der Waals surface area (Å²) in [5, 5.41) is 17.8. The van der Waals surface area contributed by atoms with Crippen LogP contribution in [0.5, 0.6) is 0 Å². The van der Waals surface area contributed by atoms with Crippen LogP contribution in [0, 0.1) is 22.7 Å². The van der Waals surface area contributed by atoms with E-state index in [-0.39, 0.29) is 0 Å². The Balaban J connectivity index is 2.60. The van der Waals surface area contributed by atoms with Gasteiger partial charge in [0.05, 0.1) is 23.3 Å². The number of benzene rings is 2. The molecule has 2 aromatic rings. The van der Waals surface area contributed by atoms with E-state index in [0.717, 1.165) is 11.1 Å². The minimum atomic E-state index is 0.474. The lowest BCUT2D eigenvalue weighted by Gasteiger charge is -2.04. The van der Waals surface area contributed by atoms with E-state index in [0.29, 0.717) is 16.6 Å². The van der Waals surface area contributed by atoms with Crippen molar-refractivity contribution in [1.82, 2.24) is 0 Å². The highest BCUT2D eigenvalue weighted by atomic mass is 14.3. The predicted octanol–water partition coefficient (Wildman–Crippen LogP) is 1.89. The van der Waals surface area contributed by atoms with E-state index < -0.39 is 0 Å². The van der Waals surface area contributed by atoms with Crippen LogP contribution in [-0.2, 0) is 0 Å². The van der Waals surface area contributed by atoms with Gasteiger partial charge in [-0.2, -0.15) is 10.5 Å². The lowest BCUT2D eigenvalue weighted by Crippen LogP contribution is -2.00. The molecule has 0 saturated heterocycles. The summed E-state index contributed by atoms with van der Waals surface area (Å²) in [5.41, 5.74) is 3.33. The standard InChI is InChI=1S/C14H7BN2/c15-14-3-1-2-12(7-14)13-5-10(8-16)4-11(6-13)9-17/h1-7H. The van der Waals surface area contributed by atoms with Gasteiger partial charge in [0.15, 0.2) is 0 Å². The molecule has 0 fully saturated rings. The highest BCUT2D eigenvalue weighted by molar-refractivity contribution is 6.32. The molecule has 0 spiro atoms. The Bertz CT molecular complexity index is 616. The van der Waals surface area contributed by atoms with Gasteiger partial charge in [0.1, 0.15) is 7.85 Å². The molecule has 76 valence electrons. The Morgan fingerprint density at radius 3 is 2.00 bits per heavy atom. The van der Waals surface area contributed by atoms with E-state index in [1.54, 1.807) is 24.3 Å². The van der Waals surface area contributed by atoms with Crippen molar-refractivity contribution in [2.24, 2.45) is 0 Å². The molecule has 17 heavy (non-hydrogen) atoms. The van der Waals surface area contributed by atoms with Crippen LogP contribution < -0.4 is 5.46 Å². The molecule has 2 radical (unpaired) electrons. The molecule has 2 rings (SSSR count). The van der Waals surface area contributed by atoms with Gasteiger partial charge in [0.25, 0.3) is 0 Å². The van der Waals surface area contributed by atoms with Gasteiger partial charge in [0.2, 0.25) is 0 Å². The third kappa shape index (κ3) is 2.35. The summed E-state index contributed by atoms with van der Waals surface area (Å²) in [7, 11) is 5.71. The van der Waals surface area contributed by atoms with Gasteiger partial charge in [-0.05, 0) is 29.3 Å². The summed E-state index contributed by atoms with van der Waals surface area (Å²) >= 11 is 0. The van der Waals surface area contributed by atoms with Crippen molar-refractivity contribution in [2.45, 2.75) is 0 Å². The molecule has 0 aromatic heterocycles. The fourth-order valence-electron chi connectivity index (χ4n) is 1.64. The second kappa shape index (κ2) is 4.55. The van der Waals surface area contributed by atoms with Gasteiger partial charge in [0, 0.05) is 0 Å². The first-order valence-electron chi connectivity index (χ1n) is 5.04. The topological polar surface area (TPSA) is 47.6 Å². The Labute approximate surface area is 101 Å². The summed E-state index contributed by atoms with van der Waals surface area (Å²) in [6, 6.07) is 16.5.